The minimum atomic E-state index is 0.619. The second-order valence-corrected chi connectivity index (χ2v) is 8.20. The van der Waals surface area contributed by atoms with Crippen LogP contribution in [0.15, 0.2) is 77.8 Å². The lowest BCUT2D eigenvalue weighted by Crippen LogP contribution is -2.40. The van der Waals surface area contributed by atoms with Crippen LogP contribution < -0.4 is 10.1 Å². The van der Waals surface area contributed by atoms with E-state index < -0.39 is 0 Å². The van der Waals surface area contributed by atoms with Gasteiger partial charge in [-0.25, -0.2) is 4.99 Å². The number of benzene rings is 3. The molecule has 5 heteroatoms. The van der Waals surface area contributed by atoms with Crippen LogP contribution >= 0.6 is 22.6 Å². The molecule has 0 fully saturated rings. The van der Waals surface area contributed by atoms with E-state index in [9.17, 15) is 0 Å². The normalized spacial score (nSPS) is 13.7. The third-order valence-electron chi connectivity index (χ3n) is 5.12. The molecule has 1 heterocycles. The van der Waals surface area contributed by atoms with Gasteiger partial charge in [0.15, 0.2) is 5.96 Å². The van der Waals surface area contributed by atoms with Gasteiger partial charge in [0.1, 0.15) is 5.75 Å². The van der Waals surface area contributed by atoms with Crippen molar-refractivity contribution in [3.8, 4) is 5.75 Å². The smallest absolute Gasteiger partial charge is 0.199 e. The summed E-state index contributed by atoms with van der Waals surface area (Å²) in [4.78, 5) is 7.31. The summed E-state index contributed by atoms with van der Waals surface area (Å²) in [6.07, 6.45) is 1.03. The number of ether oxygens (including phenoxy) is 1. The van der Waals surface area contributed by atoms with Gasteiger partial charge < -0.3 is 15.0 Å². The van der Waals surface area contributed by atoms with Gasteiger partial charge in [0.25, 0.3) is 0 Å². The predicted octanol–water partition coefficient (Wildman–Crippen LogP) is 5.33. The van der Waals surface area contributed by atoms with Crippen molar-refractivity contribution in [1.29, 1.82) is 0 Å². The zero-order valence-corrected chi connectivity index (χ0v) is 18.6. The summed E-state index contributed by atoms with van der Waals surface area (Å²) in [7, 11) is 1.69. The van der Waals surface area contributed by atoms with Crippen LogP contribution in [-0.4, -0.2) is 24.5 Å². The number of halogens is 1. The van der Waals surface area contributed by atoms with Crippen LogP contribution in [0.5, 0.6) is 5.75 Å². The van der Waals surface area contributed by atoms with E-state index in [-0.39, 0.29) is 0 Å². The first-order chi connectivity index (χ1) is 14.2. The lowest BCUT2D eigenvalue weighted by molar-refractivity contribution is 0.391. The van der Waals surface area contributed by atoms with E-state index in [1.807, 2.05) is 12.1 Å². The Bertz CT molecular complexity index is 1000. The van der Waals surface area contributed by atoms with Crippen LogP contribution in [0.3, 0.4) is 0 Å². The quantitative estimate of drug-likeness (QED) is 0.301. The molecule has 1 N–H and O–H groups in total. The molecule has 4 nitrogen and oxygen atoms in total. The molecule has 1 aliphatic heterocycles. The fourth-order valence-electron chi connectivity index (χ4n) is 3.48. The van der Waals surface area contributed by atoms with E-state index in [0.717, 1.165) is 42.5 Å². The minimum Gasteiger partial charge on any atom is -0.497 e. The molecule has 0 atom stereocenters. The lowest BCUT2D eigenvalue weighted by Gasteiger charge is -2.32. The van der Waals surface area contributed by atoms with Gasteiger partial charge in [0.2, 0.25) is 0 Å². The minimum absolute atomic E-state index is 0.619. The number of para-hydroxylation sites is 1. The van der Waals surface area contributed by atoms with E-state index in [4.69, 9.17) is 9.73 Å². The zero-order chi connectivity index (χ0) is 20.1. The van der Waals surface area contributed by atoms with Crippen LogP contribution in [-0.2, 0) is 19.5 Å². The molecule has 0 radical (unpaired) electrons. The van der Waals surface area contributed by atoms with Gasteiger partial charge in [-0.05, 0) is 70.0 Å². The molecule has 3 aromatic carbocycles. The second kappa shape index (κ2) is 9.31. The average Bonchev–Trinajstić information content (AvgIpc) is 2.78. The Morgan fingerprint density at radius 3 is 2.48 bits per heavy atom. The predicted molar refractivity (Wildman–Crippen MR) is 127 cm³/mol. The Labute approximate surface area is 185 Å². The maximum Gasteiger partial charge on any atom is 0.199 e. The summed E-state index contributed by atoms with van der Waals surface area (Å²) >= 11 is 2.36. The Hall–Kier alpha value is -2.54. The number of rotatable bonds is 4. The summed E-state index contributed by atoms with van der Waals surface area (Å²) in [5, 5.41) is 3.58. The number of hydrogen-bond acceptors (Lipinski definition) is 2. The molecule has 3 aromatic rings. The number of methoxy groups -OCH3 is 1. The van der Waals surface area contributed by atoms with Crippen LogP contribution in [0.4, 0.5) is 5.69 Å². The highest BCUT2D eigenvalue weighted by molar-refractivity contribution is 14.1. The molecule has 0 spiro atoms. The zero-order valence-electron chi connectivity index (χ0n) is 16.4. The number of nitrogens with zero attached hydrogens (tertiary/aromatic N) is 2. The molecule has 0 amide bonds. The number of anilines is 1. The molecule has 4 rings (SSSR count). The van der Waals surface area contributed by atoms with Crippen molar-refractivity contribution in [3.63, 3.8) is 0 Å². The van der Waals surface area contributed by atoms with E-state index in [1.165, 1.54) is 14.7 Å². The van der Waals surface area contributed by atoms with Crippen molar-refractivity contribution >= 4 is 34.2 Å². The van der Waals surface area contributed by atoms with Crippen molar-refractivity contribution in [2.24, 2.45) is 4.99 Å². The van der Waals surface area contributed by atoms with E-state index in [1.54, 1.807) is 7.11 Å². The molecule has 0 unspecified atom stereocenters. The largest absolute Gasteiger partial charge is 0.497 e. The highest BCUT2D eigenvalue weighted by atomic mass is 127. The third kappa shape index (κ3) is 4.90. The summed E-state index contributed by atoms with van der Waals surface area (Å²) in [6, 6.07) is 25.1. The van der Waals surface area contributed by atoms with Gasteiger partial charge in [-0.15, -0.1) is 0 Å². The molecule has 0 aromatic heterocycles. The van der Waals surface area contributed by atoms with Gasteiger partial charge in [-0.2, -0.15) is 0 Å². The number of aliphatic imine (C=N–C) groups is 1. The van der Waals surface area contributed by atoms with Crippen molar-refractivity contribution in [3.05, 3.63) is 93.1 Å². The number of fused-ring (bicyclic) bond motifs is 1. The number of guanidine groups is 1. The van der Waals surface area contributed by atoms with E-state index >= 15 is 0 Å². The Kier molecular flexibility index (Phi) is 6.34. The fourth-order valence-corrected chi connectivity index (χ4v) is 4.00. The van der Waals surface area contributed by atoms with E-state index in [0.29, 0.717) is 6.54 Å². The topological polar surface area (TPSA) is 36.9 Å². The van der Waals surface area contributed by atoms with Crippen LogP contribution in [0.1, 0.15) is 16.7 Å². The molecule has 0 saturated carbocycles. The lowest BCUT2D eigenvalue weighted by atomic mass is 10.0. The Morgan fingerprint density at radius 1 is 1.00 bits per heavy atom. The molecular formula is C24H24IN3O. The fraction of sp³-hybridized carbons (Fsp3) is 0.208. The molecule has 148 valence electrons. The van der Waals surface area contributed by atoms with Crippen molar-refractivity contribution in [2.75, 3.05) is 19.0 Å². The summed E-state index contributed by atoms with van der Waals surface area (Å²) in [5.41, 5.74) is 5.05. The van der Waals surface area contributed by atoms with Crippen LogP contribution in [0.2, 0.25) is 0 Å². The van der Waals surface area contributed by atoms with Gasteiger partial charge >= 0.3 is 0 Å². The first-order valence-electron chi connectivity index (χ1n) is 9.73. The summed E-state index contributed by atoms with van der Waals surface area (Å²) < 4.78 is 6.44. The highest BCUT2D eigenvalue weighted by Crippen LogP contribution is 2.22. The SMILES string of the molecule is COc1ccc(CN=C(Nc2ccccc2I)N2CCc3ccccc3C2)cc1. The molecule has 0 bridgehead atoms. The Balaban J connectivity index is 1.59. The van der Waals surface area contributed by atoms with Crippen molar-refractivity contribution < 1.29 is 4.74 Å². The molecule has 1 aliphatic rings. The summed E-state index contributed by atoms with van der Waals surface area (Å²) in [6.45, 7) is 2.44. The first kappa shape index (κ1) is 19.8. The maximum atomic E-state index is 5.26. The highest BCUT2D eigenvalue weighted by Gasteiger charge is 2.19. The number of nitrogens with one attached hydrogen (secondary N) is 1. The van der Waals surface area contributed by atoms with Gasteiger partial charge in [0, 0.05) is 16.7 Å². The molecule has 29 heavy (non-hydrogen) atoms. The van der Waals surface area contributed by atoms with Gasteiger partial charge in [-0.3, -0.25) is 0 Å². The third-order valence-corrected chi connectivity index (χ3v) is 6.06. The van der Waals surface area contributed by atoms with Crippen molar-refractivity contribution in [2.45, 2.75) is 19.5 Å². The summed E-state index contributed by atoms with van der Waals surface area (Å²) in [5.74, 6) is 1.78. The monoisotopic (exact) mass is 497 g/mol. The second-order valence-electron chi connectivity index (χ2n) is 7.03. The van der Waals surface area contributed by atoms with E-state index in [2.05, 4.69) is 93.5 Å². The van der Waals surface area contributed by atoms with Crippen LogP contribution in [0, 0.1) is 3.57 Å². The Morgan fingerprint density at radius 2 is 1.72 bits per heavy atom. The maximum absolute atomic E-state index is 5.26. The molecular weight excluding hydrogens is 473 g/mol. The van der Waals surface area contributed by atoms with Gasteiger partial charge in [0.05, 0.1) is 19.3 Å². The van der Waals surface area contributed by atoms with Crippen LogP contribution in [0.25, 0.3) is 0 Å². The molecule has 0 aliphatic carbocycles. The van der Waals surface area contributed by atoms with Crippen molar-refractivity contribution in [1.82, 2.24) is 4.90 Å². The number of hydrogen-bond donors (Lipinski definition) is 1. The molecule has 0 saturated heterocycles. The first-order valence-corrected chi connectivity index (χ1v) is 10.8. The van der Waals surface area contributed by atoms with Gasteiger partial charge in [-0.1, -0.05) is 48.5 Å². The average molecular weight is 497 g/mol. The standard InChI is InChI=1S/C24H24IN3O/c1-29-21-12-10-18(11-13-21)16-26-24(27-23-9-5-4-8-22(23)25)28-15-14-19-6-2-3-7-20(19)17-28/h2-13H,14-17H2,1H3,(H,26,27).